The van der Waals surface area contributed by atoms with Crippen LogP contribution < -0.4 is 4.74 Å². The Bertz CT molecular complexity index is 833. The number of carbonyl (C=O) groups excluding carboxylic acids is 2. The molecule has 0 saturated carbocycles. The van der Waals surface area contributed by atoms with Crippen molar-refractivity contribution in [3.8, 4) is 5.75 Å². The lowest BCUT2D eigenvalue weighted by molar-refractivity contribution is -0.131. The van der Waals surface area contributed by atoms with Crippen LogP contribution in [0.1, 0.15) is 64.5 Å². The van der Waals surface area contributed by atoms with E-state index < -0.39 is 5.41 Å². The number of unbranched alkanes of at least 4 members (excludes halogenated alkanes) is 1. The van der Waals surface area contributed by atoms with Gasteiger partial charge < -0.3 is 14.2 Å². The number of ether oxygens (including phenoxy) is 1. The highest BCUT2D eigenvalue weighted by Crippen LogP contribution is 2.27. The number of aromatic nitrogens is 2. The molecule has 0 bridgehead atoms. The van der Waals surface area contributed by atoms with Gasteiger partial charge in [-0.1, -0.05) is 41.0 Å². The molecule has 0 saturated heterocycles. The van der Waals surface area contributed by atoms with Gasteiger partial charge in [0.1, 0.15) is 12.3 Å². The highest BCUT2D eigenvalue weighted by atomic mass is 16.5. The second kappa shape index (κ2) is 9.22. The van der Waals surface area contributed by atoms with E-state index in [9.17, 15) is 9.59 Å². The van der Waals surface area contributed by atoms with E-state index in [-0.39, 0.29) is 18.2 Å². The predicted molar refractivity (Wildman–Crippen MR) is 112 cm³/mol. The van der Waals surface area contributed by atoms with Gasteiger partial charge in [0.15, 0.2) is 5.82 Å². The Balaban J connectivity index is 2.49. The first-order valence-corrected chi connectivity index (χ1v) is 10.1. The van der Waals surface area contributed by atoms with E-state index in [2.05, 4.69) is 18.8 Å². The molecule has 0 N–H and O–H groups in total. The summed E-state index contributed by atoms with van der Waals surface area (Å²) in [5.41, 5.74) is 0.849. The van der Waals surface area contributed by atoms with Crippen LogP contribution in [0.2, 0.25) is 0 Å². The third kappa shape index (κ3) is 4.91. The fourth-order valence-electron chi connectivity index (χ4n) is 3.11. The summed E-state index contributed by atoms with van der Waals surface area (Å²) in [4.78, 5) is 32.5. The third-order valence-electron chi connectivity index (χ3n) is 4.76. The van der Waals surface area contributed by atoms with Gasteiger partial charge in [0, 0.05) is 24.6 Å². The molecule has 0 aliphatic carbocycles. The van der Waals surface area contributed by atoms with Crippen molar-refractivity contribution in [1.29, 1.82) is 0 Å². The molecule has 1 aromatic heterocycles. The van der Waals surface area contributed by atoms with Gasteiger partial charge in [-0.25, -0.2) is 4.98 Å². The number of hydrogen-bond donors (Lipinski definition) is 0. The summed E-state index contributed by atoms with van der Waals surface area (Å²) in [6, 6.07) is 5.48. The molecule has 6 nitrogen and oxygen atoms in total. The SMILES string of the molecule is CCCCN(CCC)C(=O)Cn1c(C(=O)C(C)(C)C)nc2ccc(OC)cc21. The lowest BCUT2D eigenvalue weighted by atomic mass is 9.90. The van der Waals surface area contributed by atoms with Crippen LogP contribution in [0, 0.1) is 5.41 Å². The lowest BCUT2D eigenvalue weighted by Crippen LogP contribution is -2.36. The van der Waals surface area contributed by atoms with Crippen molar-refractivity contribution in [3.63, 3.8) is 0 Å². The number of methoxy groups -OCH3 is 1. The number of Topliss-reactive ketones (excluding diaryl/α,β-unsaturated/α-hetero) is 1. The Kier molecular flexibility index (Phi) is 7.22. The molecule has 1 heterocycles. The summed E-state index contributed by atoms with van der Waals surface area (Å²) in [6.45, 7) is 11.3. The highest BCUT2D eigenvalue weighted by Gasteiger charge is 2.29. The van der Waals surface area contributed by atoms with Crippen molar-refractivity contribution in [3.05, 3.63) is 24.0 Å². The molecule has 154 valence electrons. The van der Waals surface area contributed by atoms with Gasteiger partial charge in [0.05, 0.1) is 18.1 Å². The second-order valence-electron chi connectivity index (χ2n) is 8.19. The normalized spacial score (nSPS) is 11.6. The topological polar surface area (TPSA) is 64.4 Å². The number of rotatable bonds is 9. The fraction of sp³-hybridized carbons (Fsp3) is 0.591. The van der Waals surface area contributed by atoms with Gasteiger partial charge in [-0.05, 0) is 25.0 Å². The first kappa shape index (κ1) is 21.9. The van der Waals surface area contributed by atoms with Crippen molar-refractivity contribution < 1.29 is 14.3 Å². The summed E-state index contributed by atoms with van der Waals surface area (Å²) in [6.07, 6.45) is 2.91. The largest absolute Gasteiger partial charge is 0.497 e. The maximum Gasteiger partial charge on any atom is 0.242 e. The molecule has 0 unspecified atom stereocenters. The highest BCUT2D eigenvalue weighted by molar-refractivity contribution is 6.00. The molecule has 6 heteroatoms. The zero-order valence-corrected chi connectivity index (χ0v) is 18.0. The van der Waals surface area contributed by atoms with E-state index in [1.54, 1.807) is 11.7 Å². The van der Waals surface area contributed by atoms with Crippen molar-refractivity contribution in [2.24, 2.45) is 5.41 Å². The van der Waals surface area contributed by atoms with Crippen LogP contribution >= 0.6 is 0 Å². The van der Waals surface area contributed by atoms with Crippen LogP contribution in [0.15, 0.2) is 18.2 Å². The van der Waals surface area contributed by atoms with E-state index in [1.165, 1.54) is 0 Å². The number of benzene rings is 1. The van der Waals surface area contributed by atoms with Crippen molar-refractivity contribution in [2.45, 2.75) is 60.4 Å². The number of fused-ring (bicyclic) bond motifs is 1. The summed E-state index contributed by atoms with van der Waals surface area (Å²) >= 11 is 0. The maximum absolute atomic E-state index is 13.1. The van der Waals surface area contributed by atoms with Gasteiger partial charge in [-0.3, -0.25) is 9.59 Å². The number of carbonyl (C=O) groups is 2. The molecule has 0 aliphatic heterocycles. The number of ketones is 1. The van der Waals surface area contributed by atoms with E-state index in [4.69, 9.17) is 4.74 Å². The summed E-state index contributed by atoms with van der Waals surface area (Å²) in [7, 11) is 1.60. The number of nitrogens with zero attached hydrogens (tertiary/aromatic N) is 3. The number of hydrogen-bond acceptors (Lipinski definition) is 4. The monoisotopic (exact) mass is 387 g/mol. The molecule has 28 heavy (non-hydrogen) atoms. The molecule has 0 fully saturated rings. The minimum absolute atomic E-state index is 0.0142. The molecule has 1 amide bonds. The van der Waals surface area contributed by atoms with E-state index in [0.717, 1.165) is 37.9 Å². The smallest absolute Gasteiger partial charge is 0.242 e. The van der Waals surface area contributed by atoms with Crippen LogP contribution in [0.25, 0.3) is 11.0 Å². The Hall–Kier alpha value is -2.37. The van der Waals surface area contributed by atoms with Crippen LogP contribution in [-0.2, 0) is 11.3 Å². The number of amides is 1. The van der Waals surface area contributed by atoms with Gasteiger partial charge in [-0.15, -0.1) is 0 Å². The molecular weight excluding hydrogens is 354 g/mol. The van der Waals surface area contributed by atoms with Crippen molar-refractivity contribution in [1.82, 2.24) is 14.5 Å². The standard InChI is InChI=1S/C22H33N3O3/c1-7-9-13-24(12-8-2)19(26)15-25-18-14-16(28-6)10-11-17(18)23-21(25)20(27)22(3,4)5/h10-11,14H,7-9,12-13,15H2,1-6H3. The van der Waals surface area contributed by atoms with Crippen LogP contribution in [-0.4, -0.2) is 46.3 Å². The zero-order valence-electron chi connectivity index (χ0n) is 18.0. The molecule has 1 aromatic carbocycles. The quantitative estimate of drug-likeness (QED) is 0.601. The molecular formula is C22H33N3O3. The molecule has 0 radical (unpaired) electrons. The molecule has 2 rings (SSSR count). The minimum atomic E-state index is -0.586. The van der Waals surface area contributed by atoms with Gasteiger partial charge in [-0.2, -0.15) is 0 Å². The van der Waals surface area contributed by atoms with Crippen LogP contribution in [0.3, 0.4) is 0 Å². The van der Waals surface area contributed by atoms with Gasteiger partial charge in [0.25, 0.3) is 0 Å². The van der Waals surface area contributed by atoms with E-state index >= 15 is 0 Å². The maximum atomic E-state index is 13.1. The average Bonchev–Trinajstić information content (AvgIpc) is 3.00. The van der Waals surface area contributed by atoms with Crippen LogP contribution in [0.5, 0.6) is 5.75 Å². The Morgan fingerprint density at radius 2 is 1.86 bits per heavy atom. The molecule has 0 atom stereocenters. The number of imidazole rings is 1. The second-order valence-corrected chi connectivity index (χ2v) is 8.19. The predicted octanol–water partition coefficient (Wildman–Crippen LogP) is 4.31. The Morgan fingerprint density at radius 3 is 2.43 bits per heavy atom. The molecule has 2 aromatic rings. The zero-order chi connectivity index (χ0) is 20.9. The first-order valence-electron chi connectivity index (χ1n) is 10.1. The summed E-state index contributed by atoms with van der Waals surface area (Å²) in [5, 5.41) is 0. The van der Waals surface area contributed by atoms with Gasteiger partial charge in [0.2, 0.25) is 11.7 Å². The summed E-state index contributed by atoms with van der Waals surface area (Å²) in [5.74, 6) is 0.940. The van der Waals surface area contributed by atoms with Crippen molar-refractivity contribution in [2.75, 3.05) is 20.2 Å². The van der Waals surface area contributed by atoms with Gasteiger partial charge >= 0.3 is 0 Å². The van der Waals surface area contributed by atoms with E-state index in [0.29, 0.717) is 17.1 Å². The third-order valence-corrected chi connectivity index (χ3v) is 4.76. The Morgan fingerprint density at radius 1 is 1.14 bits per heavy atom. The fourth-order valence-corrected chi connectivity index (χ4v) is 3.11. The average molecular weight is 388 g/mol. The molecule has 0 spiro atoms. The van der Waals surface area contributed by atoms with E-state index in [1.807, 2.05) is 43.9 Å². The molecule has 0 aliphatic rings. The minimum Gasteiger partial charge on any atom is -0.497 e. The lowest BCUT2D eigenvalue weighted by Gasteiger charge is -2.23. The van der Waals surface area contributed by atoms with Crippen molar-refractivity contribution >= 4 is 22.7 Å². The Labute approximate surface area is 167 Å². The first-order chi connectivity index (χ1) is 13.2. The van der Waals surface area contributed by atoms with Crippen LogP contribution in [0.4, 0.5) is 0 Å². The summed E-state index contributed by atoms with van der Waals surface area (Å²) < 4.78 is 7.09.